The number of hydrogen-bond donors (Lipinski definition) is 1. The fourth-order valence-corrected chi connectivity index (χ4v) is 2.98. The van der Waals surface area contributed by atoms with Crippen LogP contribution in [-0.4, -0.2) is 56.8 Å². The highest BCUT2D eigenvalue weighted by molar-refractivity contribution is 5.96. The molecule has 0 saturated carbocycles. The minimum Gasteiger partial charge on any atom is -0.480 e. The van der Waals surface area contributed by atoms with E-state index in [9.17, 15) is 9.90 Å². The number of carbonyl (C=O) groups excluding carboxylic acids is 1. The van der Waals surface area contributed by atoms with Crippen LogP contribution in [0.2, 0.25) is 0 Å². The van der Waals surface area contributed by atoms with Gasteiger partial charge in [0.05, 0.1) is 25.6 Å². The smallest absolute Gasteiger partial charge is 0.259 e. The van der Waals surface area contributed by atoms with Crippen molar-refractivity contribution in [3.8, 4) is 5.88 Å². The van der Waals surface area contributed by atoms with Crippen molar-refractivity contribution in [2.24, 2.45) is 0 Å². The maximum absolute atomic E-state index is 12.7. The van der Waals surface area contributed by atoms with E-state index in [4.69, 9.17) is 4.74 Å². The third kappa shape index (κ3) is 3.19. The Morgan fingerprint density at radius 2 is 2.17 bits per heavy atom. The summed E-state index contributed by atoms with van der Waals surface area (Å²) in [6, 6.07) is 3.37. The van der Waals surface area contributed by atoms with Gasteiger partial charge in [-0.15, -0.1) is 0 Å². The topological polar surface area (TPSA) is 80.5 Å². The summed E-state index contributed by atoms with van der Waals surface area (Å²) in [6.07, 6.45) is 7.53. The summed E-state index contributed by atoms with van der Waals surface area (Å²) in [5.41, 5.74) is 0.450. The van der Waals surface area contributed by atoms with E-state index in [1.807, 2.05) is 10.8 Å². The van der Waals surface area contributed by atoms with Crippen LogP contribution in [0.1, 0.15) is 29.2 Å². The second-order valence-corrected chi connectivity index (χ2v) is 5.57. The van der Waals surface area contributed by atoms with E-state index in [1.54, 1.807) is 35.8 Å². The molecular weight excluding hydrogens is 296 g/mol. The minimum atomic E-state index is -0.502. The summed E-state index contributed by atoms with van der Waals surface area (Å²) in [5.74, 6) is 0.210. The number of aliphatic hydroxyl groups excluding tert-OH is 1. The van der Waals surface area contributed by atoms with Crippen LogP contribution in [0, 0.1) is 0 Å². The summed E-state index contributed by atoms with van der Waals surface area (Å²) in [4.78, 5) is 22.6. The largest absolute Gasteiger partial charge is 0.480 e. The molecule has 1 aliphatic rings. The first-order chi connectivity index (χ1) is 11.2. The van der Waals surface area contributed by atoms with Crippen molar-refractivity contribution in [3.05, 3.63) is 42.6 Å². The van der Waals surface area contributed by atoms with E-state index in [2.05, 4.69) is 9.97 Å². The highest BCUT2D eigenvalue weighted by atomic mass is 16.5. The molecule has 0 radical (unpaired) electrons. The molecule has 122 valence electrons. The average Bonchev–Trinajstić information content (AvgIpc) is 3.04. The maximum atomic E-state index is 12.7. The lowest BCUT2D eigenvalue weighted by atomic mass is 10.1. The second kappa shape index (κ2) is 6.78. The average molecular weight is 316 g/mol. The molecule has 0 unspecified atom stereocenters. The van der Waals surface area contributed by atoms with Crippen molar-refractivity contribution < 1.29 is 14.6 Å². The molecule has 0 spiro atoms. The Bertz CT molecular complexity index is 659. The summed E-state index contributed by atoms with van der Waals surface area (Å²) in [5, 5.41) is 10.4. The Labute approximate surface area is 134 Å². The van der Waals surface area contributed by atoms with Gasteiger partial charge in [-0.25, -0.2) is 9.97 Å². The van der Waals surface area contributed by atoms with Crippen LogP contribution in [-0.2, 0) is 0 Å². The lowest BCUT2D eigenvalue weighted by Gasteiger charge is -2.21. The van der Waals surface area contributed by atoms with Gasteiger partial charge in [0, 0.05) is 31.7 Å². The molecule has 3 rings (SSSR count). The van der Waals surface area contributed by atoms with Gasteiger partial charge in [0.25, 0.3) is 5.91 Å². The number of methoxy groups -OCH3 is 1. The van der Waals surface area contributed by atoms with Crippen molar-refractivity contribution in [1.29, 1.82) is 0 Å². The molecule has 2 aromatic heterocycles. The zero-order valence-corrected chi connectivity index (χ0v) is 13.0. The zero-order chi connectivity index (χ0) is 16.2. The Balaban J connectivity index is 1.76. The first-order valence-corrected chi connectivity index (χ1v) is 7.64. The number of pyridine rings is 1. The van der Waals surface area contributed by atoms with E-state index in [1.165, 1.54) is 7.11 Å². The van der Waals surface area contributed by atoms with Crippen molar-refractivity contribution in [1.82, 2.24) is 19.4 Å². The molecule has 1 amide bonds. The van der Waals surface area contributed by atoms with Gasteiger partial charge in [-0.3, -0.25) is 4.79 Å². The molecule has 7 nitrogen and oxygen atoms in total. The van der Waals surface area contributed by atoms with E-state index in [0.29, 0.717) is 37.4 Å². The molecule has 1 N–H and O–H groups in total. The molecule has 0 bridgehead atoms. The van der Waals surface area contributed by atoms with Crippen LogP contribution in [0.3, 0.4) is 0 Å². The number of amides is 1. The van der Waals surface area contributed by atoms with E-state index in [0.717, 1.165) is 0 Å². The summed E-state index contributed by atoms with van der Waals surface area (Å²) in [6.45, 7) is 1.07. The first kappa shape index (κ1) is 15.5. The van der Waals surface area contributed by atoms with Crippen LogP contribution in [0.25, 0.3) is 0 Å². The predicted octanol–water partition coefficient (Wildman–Crippen LogP) is 1.12. The fourth-order valence-electron chi connectivity index (χ4n) is 2.98. The van der Waals surface area contributed by atoms with Crippen molar-refractivity contribution >= 4 is 5.91 Å². The van der Waals surface area contributed by atoms with Gasteiger partial charge in [0.2, 0.25) is 5.88 Å². The quantitative estimate of drug-likeness (QED) is 0.918. The van der Waals surface area contributed by atoms with E-state index < -0.39 is 6.10 Å². The molecule has 7 heteroatoms. The van der Waals surface area contributed by atoms with Crippen LogP contribution in [0.4, 0.5) is 0 Å². The highest BCUT2D eigenvalue weighted by Crippen LogP contribution is 2.25. The van der Waals surface area contributed by atoms with Crippen LogP contribution >= 0.6 is 0 Å². The lowest BCUT2D eigenvalue weighted by Crippen LogP contribution is -2.32. The SMILES string of the molecule is COc1ncccc1C(=O)N1CC[C@H](O)[C@@H](n2ccnc2)CC1. The number of rotatable bonds is 3. The standard InChI is InChI=1S/C16H20N4O3/c1-23-15-12(3-2-6-18-15)16(22)19-8-4-13(14(21)5-9-19)20-10-7-17-11-20/h2-3,6-7,10-11,13-14,21H,4-5,8-9H2,1H3/t13-,14-/m0/s1. The third-order valence-electron chi connectivity index (χ3n) is 4.22. The summed E-state index contributed by atoms with van der Waals surface area (Å²) in [7, 11) is 1.50. The van der Waals surface area contributed by atoms with Crippen LogP contribution in [0.15, 0.2) is 37.1 Å². The number of likely N-dealkylation sites (tertiary alicyclic amines) is 1. The minimum absolute atomic E-state index is 0.0638. The molecular formula is C16H20N4O3. The van der Waals surface area contributed by atoms with E-state index in [-0.39, 0.29) is 11.9 Å². The van der Waals surface area contributed by atoms with Crippen LogP contribution < -0.4 is 4.74 Å². The van der Waals surface area contributed by atoms with Crippen LogP contribution in [0.5, 0.6) is 5.88 Å². The zero-order valence-electron chi connectivity index (χ0n) is 13.0. The van der Waals surface area contributed by atoms with Gasteiger partial charge in [0.15, 0.2) is 0 Å². The van der Waals surface area contributed by atoms with E-state index >= 15 is 0 Å². The van der Waals surface area contributed by atoms with Gasteiger partial charge in [0.1, 0.15) is 5.56 Å². The molecule has 2 atom stereocenters. The number of imidazole rings is 1. The normalized spacial score (nSPS) is 21.7. The maximum Gasteiger partial charge on any atom is 0.259 e. The number of carbonyl (C=O) groups is 1. The number of aliphatic hydroxyl groups is 1. The predicted molar refractivity (Wildman–Crippen MR) is 83.2 cm³/mol. The van der Waals surface area contributed by atoms with Gasteiger partial charge in [-0.05, 0) is 25.0 Å². The first-order valence-electron chi connectivity index (χ1n) is 7.64. The molecule has 1 aliphatic heterocycles. The number of aromatic nitrogens is 3. The van der Waals surface area contributed by atoms with Gasteiger partial charge in [-0.2, -0.15) is 0 Å². The van der Waals surface area contributed by atoms with Crippen molar-refractivity contribution in [2.75, 3.05) is 20.2 Å². The molecule has 1 fully saturated rings. The van der Waals surface area contributed by atoms with Crippen molar-refractivity contribution in [2.45, 2.75) is 25.0 Å². The molecule has 0 aromatic carbocycles. The molecule has 2 aromatic rings. The second-order valence-electron chi connectivity index (χ2n) is 5.57. The number of ether oxygens (including phenoxy) is 1. The monoisotopic (exact) mass is 316 g/mol. The van der Waals surface area contributed by atoms with Gasteiger partial charge >= 0.3 is 0 Å². The molecule has 0 aliphatic carbocycles. The highest BCUT2D eigenvalue weighted by Gasteiger charge is 2.29. The summed E-state index contributed by atoms with van der Waals surface area (Å²) < 4.78 is 7.08. The third-order valence-corrected chi connectivity index (χ3v) is 4.22. The Morgan fingerprint density at radius 3 is 2.91 bits per heavy atom. The number of hydrogen-bond acceptors (Lipinski definition) is 5. The Hall–Kier alpha value is -2.41. The Morgan fingerprint density at radius 1 is 1.35 bits per heavy atom. The molecule has 1 saturated heterocycles. The van der Waals surface area contributed by atoms with Gasteiger partial charge in [-0.1, -0.05) is 0 Å². The van der Waals surface area contributed by atoms with Crippen molar-refractivity contribution in [3.63, 3.8) is 0 Å². The Kier molecular flexibility index (Phi) is 4.57. The molecule has 3 heterocycles. The number of nitrogens with zero attached hydrogens (tertiary/aromatic N) is 4. The fraction of sp³-hybridized carbons (Fsp3) is 0.438. The van der Waals surface area contributed by atoms with Gasteiger partial charge < -0.3 is 19.3 Å². The lowest BCUT2D eigenvalue weighted by molar-refractivity contribution is 0.0747. The molecule has 23 heavy (non-hydrogen) atoms. The summed E-state index contributed by atoms with van der Waals surface area (Å²) >= 11 is 0.